The lowest BCUT2D eigenvalue weighted by atomic mass is 10.0. The van der Waals surface area contributed by atoms with Crippen molar-refractivity contribution in [3.05, 3.63) is 0 Å². The van der Waals surface area contributed by atoms with Gasteiger partial charge in [0.25, 0.3) is 0 Å². The van der Waals surface area contributed by atoms with Crippen LogP contribution in [0.1, 0.15) is 52.9 Å². The summed E-state index contributed by atoms with van der Waals surface area (Å²) in [7, 11) is 0. The molecule has 102 valence electrons. The molecule has 1 aliphatic rings. The molecule has 17 heavy (non-hydrogen) atoms. The third-order valence-corrected chi connectivity index (χ3v) is 3.92. The highest BCUT2D eigenvalue weighted by molar-refractivity contribution is 4.70. The first-order chi connectivity index (χ1) is 8.22. The van der Waals surface area contributed by atoms with Crippen molar-refractivity contribution in [3.63, 3.8) is 0 Å². The molecule has 1 heterocycles. The average Bonchev–Trinajstić information content (AvgIpc) is 2.34. The summed E-state index contributed by atoms with van der Waals surface area (Å²) in [4.78, 5) is 5.20. The maximum absolute atomic E-state index is 2.65. The lowest BCUT2D eigenvalue weighted by molar-refractivity contribution is 0.135. The summed E-state index contributed by atoms with van der Waals surface area (Å²) in [5.74, 6) is 0.886. The molecule has 2 nitrogen and oxygen atoms in total. The molecular formula is C15H32N2. The second-order valence-corrected chi connectivity index (χ2v) is 5.87. The van der Waals surface area contributed by atoms with Crippen molar-refractivity contribution in [2.45, 2.75) is 52.9 Å². The fraction of sp³-hybridized carbons (Fsp3) is 1.00. The van der Waals surface area contributed by atoms with E-state index in [1.807, 2.05) is 0 Å². The summed E-state index contributed by atoms with van der Waals surface area (Å²) in [5, 5.41) is 0. The number of nitrogens with zero attached hydrogens (tertiary/aromatic N) is 2. The first kappa shape index (κ1) is 15.0. The molecule has 0 radical (unpaired) electrons. The predicted octanol–water partition coefficient (Wildman–Crippen LogP) is 3.23. The fourth-order valence-corrected chi connectivity index (χ4v) is 2.57. The van der Waals surface area contributed by atoms with Gasteiger partial charge in [-0.3, -0.25) is 0 Å². The summed E-state index contributed by atoms with van der Waals surface area (Å²) in [5.41, 5.74) is 0. The van der Waals surface area contributed by atoms with E-state index in [9.17, 15) is 0 Å². The van der Waals surface area contributed by atoms with E-state index in [-0.39, 0.29) is 0 Å². The van der Waals surface area contributed by atoms with Crippen molar-refractivity contribution >= 4 is 0 Å². The van der Waals surface area contributed by atoms with Crippen LogP contribution in [-0.2, 0) is 0 Å². The van der Waals surface area contributed by atoms with Gasteiger partial charge < -0.3 is 9.80 Å². The molecule has 0 aliphatic carbocycles. The Labute approximate surface area is 108 Å². The molecule has 0 spiro atoms. The minimum Gasteiger partial charge on any atom is -0.301 e. The second-order valence-electron chi connectivity index (χ2n) is 5.87. The highest BCUT2D eigenvalue weighted by Gasteiger charge is 2.14. The van der Waals surface area contributed by atoms with Crippen molar-refractivity contribution < 1.29 is 0 Å². The number of rotatable bonds is 8. The molecular weight excluding hydrogens is 208 g/mol. The van der Waals surface area contributed by atoms with Crippen LogP contribution in [0.15, 0.2) is 0 Å². The van der Waals surface area contributed by atoms with E-state index >= 15 is 0 Å². The molecule has 0 aromatic heterocycles. The SMILES string of the molecule is CCN1CCN(CCCCCCC(C)C)CC1. The summed E-state index contributed by atoms with van der Waals surface area (Å²) in [6.07, 6.45) is 7.12. The molecule has 0 N–H and O–H groups in total. The minimum atomic E-state index is 0.886. The highest BCUT2D eigenvalue weighted by atomic mass is 15.3. The summed E-state index contributed by atoms with van der Waals surface area (Å²) >= 11 is 0. The van der Waals surface area contributed by atoms with Gasteiger partial charge in [0, 0.05) is 26.2 Å². The van der Waals surface area contributed by atoms with Crippen molar-refractivity contribution in [2.24, 2.45) is 5.92 Å². The van der Waals surface area contributed by atoms with Gasteiger partial charge in [-0.2, -0.15) is 0 Å². The number of likely N-dealkylation sites (N-methyl/N-ethyl adjacent to an activating group) is 1. The average molecular weight is 240 g/mol. The minimum absolute atomic E-state index is 0.886. The highest BCUT2D eigenvalue weighted by Crippen LogP contribution is 2.10. The molecule has 0 saturated carbocycles. The first-order valence-corrected chi connectivity index (χ1v) is 7.67. The zero-order chi connectivity index (χ0) is 12.5. The standard InChI is InChI=1S/C15H32N2/c1-4-16-11-13-17(14-12-16)10-8-6-5-7-9-15(2)3/h15H,4-14H2,1-3H3. The van der Waals surface area contributed by atoms with Crippen LogP contribution >= 0.6 is 0 Å². The molecule has 1 rings (SSSR count). The number of unbranched alkanes of at least 4 members (excludes halogenated alkanes) is 3. The molecule has 1 fully saturated rings. The maximum Gasteiger partial charge on any atom is 0.0110 e. The van der Waals surface area contributed by atoms with Crippen LogP contribution in [0.3, 0.4) is 0 Å². The Morgan fingerprint density at radius 2 is 1.41 bits per heavy atom. The molecule has 0 amide bonds. The molecule has 0 bridgehead atoms. The van der Waals surface area contributed by atoms with Gasteiger partial charge in [0.05, 0.1) is 0 Å². The van der Waals surface area contributed by atoms with Crippen LogP contribution < -0.4 is 0 Å². The van der Waals surface area contributed by atoms with E-state index < -0.39 is 0 Å². The largest absolute Gasteiger partial charge is 0.301 e. The topological polar surface area (TPSA) is 6.48 Å². The van der Waals surface area contributed by atoms with E-state index in [0.717, 1.165) is 5.92 Å². The van der Waals surface area contributed by atoms with Gasteiger partial charge in [-0.05, 0) is 25.4 Å². The molecule has 1 aliphatic heterocycles. The van der Waals surface area contributed by atoms with Crippen LogP contribution in [0.4, 0.5) is 0 Å². The van der Waals surface area contributed by atoms with E-state index in [4.69, 9.17) is 0 Å². The third-order valence-electron chi connectivity index (χ3n) is 3.92. The van der Waals surface area contributed by atoms with E-state index in [1.165, 1.54) is 71.4 Å². The monoisotopic (exact) mass is 240 g/mol. The van der Waals surface area contributed by atoms with Gasteiger partial charge in [0.2, 0.25) is 0 Å². The van der Waals surface area contributed by atoms with Crippen molar-refractivity contribution in [2.75, 3.05) is 39.3 Å². The zero-order valence-corrected chi connectivity index (χ0v) is 12.2. The van der Waals surface area contributed by atoms with Crippen molar-refractivity contribution in [1.29, 1.82) is 0 Å². The van der Waals surface area contributed by atoms with E-state index in [0.29, 0.717) is 0 Å². The van der Waals surface area contributed by atoms with Crippen LogP contribution in [-0.4, -0.2) is 49.1 Å². The van der Waals surface area contributed by atoms with Gasteiger partial charge in [-0.15, -0.1) is 0 Å². The van der Waals surface area contributed by atoms with Crippen LogP contribution in [0.25, 0.3) is 0 Å². The fourth-order valence-electron chi connectivity index (χ4n) is 2.57. The quantitative estimate of drug-likeness (QED) is 0.601. The molecule has 0 unspecified atom stereocenters. The Hall–Kier alpha value is -0.0800. The van der Waals surface area contributed by atoms with Gasteiger partial charge in [-0.25, -0.2) is 0 Å². The van der Waals surface area contributed by atoms with Crippen molar-refractivity contribution in [1.82, 2.24) is 9.80 Å². The summed E-state index contributed by atoms with van der Waals surface area (Å²) < 4.78 is 0. The normalized spacial score (nSPS) is 19.1. The lowest BCUT2D eigenvalue weighted by Crippen LogP contribution is -2.46. The smallest absolute Gasteiger partial charge is 0.0110 e. The molecule has 0 aromatic carbocycles. The Morgan fingerprint density at radius 3 is 2.00 bits per heavy atom. The van der Waals surface area contributed by atoms with Gasteiger partial charge in [0.1, 0.15) is 0 Å². The van der Waals surface area contributed by atoms with Crippen LogP contribution in [0.2, 0.25) is 0 Å². The zero-order valence-electron chi connectivity index (χ0n) is 12.2. The van der Waals surface area contributed by atoms with Crippen LogP contribution in [0.5, 0.6) is 0 Å². The maximum atomic E-state index is 2.65. The second kappa shape index (κ2) is 8.93. The molecule has 2 heteroatoms. The Morgan fingerprint density at radius 1 is 0.824 bits per heavy atom. The van der Waals surface area contributed by atoms with Crippen LogP contribution in [0, 0.1) is 5.92 Å². The van der Waals surface area contributed by atoms with E-state index in [1.54, 1.807) is 0 Å². The summed E-state index contributed by atoms with van der Waals surface area (Å²) in [6.45, 7) is 14.6. The molecule has 0 atom stereocenters. The first-order valence-electron chi connectivity index (χ1n) is 7.67. The lowest BCUT2D eigenvalue weighted by Gasteiger charge is -2.33. The molecule has 0 aromatic rings. The Balaban J connectivity index is 1.90. The summed E-state index contributed by atoms with van der Waals surface area (Å²) in [6, 6.07) is 0. The van der Waals surface area contributed by atoms with Gasteiger partial charge >= 0.3 is 0 Å². The Bertz CT molecular complexity index is 172. The number of hydrogen-bond acceptors (Lipinski definition) is 2. The Kier molecular flexibility index (Phi) is 7.87. The number of hydrogen-bond donors (Lipinski definition) is 0. The third kappa shape index (κ3) is 7.05. The van der Waals surface area contributed by atoms with Gasteiger partial charge in [0.15, 0.2) is 0 Å². The van der Waals surface area contributed by atoms with Gasteiger partial charge in [-0.1, -0.05) is 46.5 Å². The predicted molar refractivity (Wildman–Crippen MR) is 76.5 cm³/mol. The van der Waals surface area contributed by atoms with Crippen molar-refractivity contribution in [3.8, 4) is 0 Å². The number of piperazine rings is 1. The molecule has 1 saturated heterocycles. The van der Waals surface area contributed by atoms with E-state index in [2.05, 4.69) is 30.6 Å².